The maximum Gasteiger partial charge on any atom is 0.409 e. The molecule has 0 radical (unpaired) electrons. The zero-order valence-electron chi connectivity index (χ0n) is 21.4. The van der Waals surface area contributed by atoms with Crippen LogP contribution in [-0.2, 0) is 16.1 Å². The first-order valence-electron chi connectivity index (χ1n) is 12.3. The van der Waals surface area contributed by atoms with E-state index in [1.165, 1.54) is 4.90 Å². The molecule has 2 aromatic carbocycles. The Morgan fingerprint density at radius 1 is 1.11 bits per heavy atom. The van der Waals surface area contributed by atoms with Crippen LogP contribution in [0.1, 0.15) is 43.6 Å². The molecule has 0 saturated heterocycles. The molecule has 3 rings (SSSR count). The highest BCUT2D eigenvalue weighted by Gasteiger charge is 2.31. The summed E-state index contributed by atoms with van der Waals surface area (Å²) < 4.78 is 11.8. The number of carbonyl (C=O) groups is 2. The van der Waals surface area contributed by atoms with Gasteiger partial charge in [-0.2, -0.15) is 0 Å². The van der Waals surface area contributed by atoms with Gasteiger partial charge in [0.15, 0.2) is 0 Å². The number of ether oxygens (including phenoxy) is 2. The van der Waals surface area contributed by atoms with E-state index in [1.807, 2.05) is 76.2 Å². The van der Waals surface area contributed by atoms with E-state index in [-0.39, 0.29) is 36.5 Å². The van der Waals surface area contributed by atoms with E-state index in [1.54, 1.807) is 11.9 Å². The van der Waals surface area contributed by atoms with Crippen LogP contribution in [0.3, 0.4) is 0 Å². The fourth-order valence-electron chi connectivity index (χ4n) is 4.24. The quantitative estimate of drug-likeness (QED) is 0.659. The number of amides is 2. The molecule has 1 N–H and O–H groups in total. The van der Waals surface area contributed by atoms with Gasteiger partial charge in [-0.05, 0) is 35.6 Å². The van der Waals surface area contributed by atoms with E-state index >= 15 is 0 Å². The topological polar surface area (TPSA) is 79.3 Å². The van der Waals surface area contributed by atoms with Gasteiger partial charge in [-0.3, -0.25) is 4.79 Å². The second-order valence-electron chi connectivity index (χ2n) is 9.87. The van der Waals surface area contributed by atoms with Crippen molar-refractivity contribution in [3.8, 4) is 11.1 Å². The molecule has 7 heteroatoms. The van der Waals surface area contributed by atoms with Crippen LogP contribution < -0.4 is 0 Å². The van der Waals surface area contributed by atoms with Crippen LogP contribution in [0.2, 0.25) is 0 Å². The predicted octanol–water partition coefficient (Wildman–Crippen LogP) is 4.44. The van der Waals surface area contributed by atoms with E-state index in [0.717, 1.165) is 16.7 Å². The smallest absolute Gasteiger partial charge is 0.409 e. The van der Waals surface area contributed by atoms with E-state index in [0.29, 0.717) is 31.9 Å². The fraction of sp³-hybridized carbons (Fsp3) is 0.500. The summed E-state index contributed by atoms with van der Waals surface area (Å²) in [6, 6.07) is 15.1. The summed E-state index contributed by atoms with van der Waals surface area (Å²) in [6.07, 6.45) is -0.740. The first-order valence-corrected chi connectivity index (χ1v) is 12.3. The van der Waals surface area contributed by atoms with Crippen molar-refractivity contribution in [2.45, 2.75) is 46.4 Å². The van der Waals surface area contributed by atoms with Gasteiger partial charge in [0.1, 0.15) is 0 Å². The Kier molecular flexibility index (Phi) is 9.29. The molecule has 1 aliphatic rings. The lowest BCUT2D eigenvalue weighted by atomic mass is 9.94. The average Bonchev–Trinajstić information content (AvgIpc) is 2.88. The third kappa shape index (κ3) is 6.61. The average molecular weight is 483 g/mol. The summed E-state index contributed by atoms with van der Waals surface area (Å²) in [5.41, 5.74) is 3.34. The molecule has 0 unspecified atom stereocenters. The number of aliphatic hydroxyl groups is 1. The van der Waals surface area contributed by atoms with Gasteiger partial charge in [0, 0.05) is 25.1 Å². The number of hydrogen-bond acceptors (Lipinski definition) is 5. The molecule has 35 heavy (non-hydrogen) atoms. The van der Waals surface area contributed by atoms with E-state index in [4.69, 9.17) is 9.47 Å². The summed E-state index contributed by atoms with van der Waals surface area (Å²) in [5.74, 6) is 0.0116. The van der Waals surface area contributed by atoms with E-state index in [9.17, 15) is 14.7 Å². The summed E-state index contributed by atoms with van der Waals surface area (Å²) in [4.78, 5) is 29.6. The second kappa shape index (κ2) is 12.2. The minimum absolute atomic E-state index is 0.106. The van der Waals surface area contributed by atoms with Gasteiger partial charge >= 0.3 is 6.09 Å². The highest BCUT2D eigenvalue weighted by molar-refractivity contribution is 6.01. The molecule has 1 heterocycles. The van der Waals surface area contributed by atoms with Crippen LogP contribution in [-0.4, -0.2) is 72.4 Å². The maximum atomic E-state index is 13.8. The first kappa shape index (κ1) is 26.7. The maximum absolute atomic E-state index is 13.8. The lowest BCUT2D eigenvalue weighted by Gasteiger charge is -2.35. The second-order valence-corrected chi connectivity index (χ2v) is 9.87. The third-order valence-corrected chi connectivity index (χ3v) is 6.40. The minimum atomic E-state index is -0.395. The van der Waals surface area contributed by atoms with Gasteiger partial charge in [-0.1, -0.05) is 63.2 Å². The lowest BCUT2D eigenvalue weighted by molar-refractivity contribution is -0.0234. The Morgan fingerprint density at radius 2 is 1.74 bits per heavy atom. The molecule has 0 aliphatic carbocycles. The Bertz CT molecular complexity index is 1010. The van der Waals surface area contributed by atoms with Crippen molar-refractivity contribution in [2.75, 3.05) is 33.4 Å². The number of rotatable bonds is 6. The third-order valence-electron chi connectivity index (χ3n) is 6.40. The highest BCUT2D eigenvalue weighted by Crippen LogP contribution is 2.31. The number of carbonyl (C=O) groups excluding carboxylic acids is 2. The van der Waals surface area contributed by atoms with Crippen molar-refractivity contribution in [1.82, 2.24) is 9.80 Å². The molecular weight excluding hydrogens is 444 g/mol. The van der Waals surface area contributed by atoms with Crippen LogP contribution in [0.5, 0.6) is 0 Å². The Morgan fingerprint density at radius 3 is 2.40 bits per heavy atom. The van der Waals surface area contributed by atoms with Crippen molar-refractivity contribution in [3.63, 3.8) is 0 Å². The monoisotopic (exact) mass is 482 g/mol. The zero-order chi connectivity index (χ0) is 25.5. The van der Waals surface area contributed by atoms with Gasteiger partial charge in [0.2, 0.25) is 0 Å². The summed E-state index contributed by atoms with van der Waals surface area (Å²) in [7, 11) is 1.70. The molecular formula is C28H38N2O5. The van der Waals surface area contributed by atoms with E-state index < -0.39 is 6.09 Å². The van der Waals surface area contributed by atoms with Gasteiger partial charge in [0.25, 0.3) is 5.91 Å². The van der Waals surface area contributed by atoms with Crippen molar-refractivity contribution in [2.24, 2.45) is 11.8 Å². The van der Waals surface area contributed by atoms with Crippen LogP contribution in [0, 0.1) is 11.8 Å². The summed E-state index contributed by atoms with van der Waals surface area (Å²) >= 11 is 0. The molecule has 0 fully saturated rings. The van der Waals surface area contributed by atoms with Gasteiger partial charge in [-0.25, -0.2) is 4.79 Å². The standard InChI is InChI=1S/C28H38N2O5/c1-19(2)17-35-28(33)29(5)15-26-20(3)14-30(21(4)16-31)27(32)25-13-9-8-12-24(25)23-11-7-6-10-22(23)18-34-26/h6-13,19-21,26,31H,14-18H2,1-5H3/t20-,21+,26+/m1/s1. The van der Waals surface area contributed by atoms with Crippen molar-refractivity contribution < 1.29 is 24.2 Å². The molecule has 0 bridgehead atoms. The SMILES string of the molecule is CC(C)COC(=O)N(C)C[C@@H]1OCc2ccccc2-c2ccccc2C(=O)N([C@@H](C)CO)C[C@H]1C. The van der Waals surface area contributed by atoms with E-state index in [2.05, 4.69) is 0 Å². The number of hydrogen-bond donors (Lipinski definition) is 1. The van der Waals surface area contributed by atoms with Crippen molar-refractivity contribution >= 4 is 12.0 Å². The Balaban J connectivity index is 1.98. The zero-order valence-corrected chi connectivity index (χ0v) is 21.4. The fourth-order valence-corrected chi connectivity index (χ4v) is 4.24. The molecule has 7 nitrogen and oxygen atoms in total. The van der Waals surface area contributed by atoms with Crippen LogP contribution in [0.15, 0.2) is 48.5 Å². The molecule has 0 aromatic heterocycles. The van der Waals surface area contributed by atoms with Gasteiger partial charge < -0.3 is 24.4 Å². The van der Waals surface area contributed by atoms with Crippen LogP contribution in [0.25, 0.3) is 11.1 Å². The minimum Gasteiger partial charge on any atom is -0.449 e. The number of likely N-dealkylation sites (N-methyl/N-ethyl adjacent to an activating group) is 1. The molecule has 1 aliphatic heterocycles. The van der Waals surface area contributed by atoms with Crippen molar-refractivity contribution in [1.29, 1.82) is 0 Å². The summed E-state index contributed by atoms with van der Waals surface area (Å²) in [6.45, 7) is 9.09. The van der Waals surface area contributed by atoms with Crippen LogP contribution >= 0.6 is 0 Å². The number of aliphatic hydroxyl groups excluding tert-OH is 1. The molecule has 190 valence electrons. The highest BCUT2D eigenvalue weighted by atomic mass is 16.6. The van der Waals surface area contributed by atoms with Crippen LogP contribution in [0.4, 0.5) is 4.79 Å². The largest absolute Gasteiger partial charge is 0.449 e. The number of benzene rings is 2. The lowest BCUT2D eigenvalue weighted by Crippen LogP contribution is -2.47. The molecule has 0 saturated carbocycles. The van der Waals surface area contributed by atoms with Crippen molar-refractivity contribution in [3.05, 3.63) is 59.7 Å². The predicted molar refractivity (Wildman–Crippen MR) is 136 cm³/mol. The molecule has 3 atom stereocenters. The van der Waals surface area contributed by atoms with Gasteiger partial charge in [0.05, 0.1) is 38.5 Å². The molecule has 2 aromatic rings. The first-order chi connectivity index (χ1) is 16.7. The Labute approximate surface area is 208 Å². The summed E-state index contributed by atoms with van der Waals surface area (Å²) in [5, 5.41) is 9.93. The number of nitrogens with zero attached hydrogens (tertiary/aromatic N) is 2. The Hall–Kier alpha value is -2.90. The van der Waals surface area contributed by atoms with Gasteiger partial charge in [-0.15, -0.1) is 0 Å². The number of fused-ring (bicyclic) bond motifs is 3. The molecule has 0 spiro atoms. The normalized spacial score (nSPS) is 19.4. The molecule has 2 amide bonds.